The topological polar surface area (TPSA) is 83.7 Å². The number of hydrogen-bond donors (Lipinski definition) is 1. The van der Waals surface area contributed by atoms with E-state index in [-0.39, 0.29) is 11.5 Å². The van der Waals surface area contributed by atoms with Crippen LogP contribution in [-0.2, 0) is 0 Å². The standard InChI is InChI=1S/C10H10N2O4/c1-11(14)7-6-10(13)8-2-4-9(5-3-8)12(15)16/h2-7,14H,1H3/b7-6+. The van der Waals surface area contributed by atoms with E-state index < -0.39 is 4.92 Å². The van der Waals surface area contributed by atoms with Gasteiger partial charge in [0.05, 0.1) is 4.92 Å². The molecule has 1 rings (SSSR count). The van der Waals surface area contributed by atoms with Gasteiger partial charge in [-0.05, 0) is 12.1 Å². The molecule has 0 spiro atoms. The molecule has 0 aromatic heterocycles. The summed E-state index contributed by atoms with van der Waals surface area (Å²) in [6.45, 7) is 0. The molecule has 0 saturated carbocycles. The summed E-state index contributed by atoms with van der Waals surface area (Å²) in [4.78, 5) is 21.3. The Hall–Kier alpha value is -2.21. The fourth-order valence-electron chi connectivity index (χ4n) is 1.02. The third-order valence-corrected chi connectivity index (χ3v) is 1.80. The summed E-state index contributed by atoms with van der Waals surface area (Å²) >= 11 is 0. The summed E-state index contributed by atoms with van der Waals surface area (Å²) in [7, 11) is 1.36. The van der Waals surface area contributed by atoms with Crippen molar-refractivity contribution in [3.63, 3.8) is 0 Å². The van der Waals surface area contributed by atoms with E-state index in [0.717, 1.165) is 5.06 Å². The average Bonchev–Trinajstić information content (AvgIpc) is 2.26. The lowest BCUT2D eigenvalue weighted by Gasteiger charge is -2.00. The minimum atomic E-state index is -0.536. The van der Waals surface area contributed by atoms with Gasteiger partial charge in [-0.15, -0.1) is 0 Å². The van der Waals surface area contributed by atoms with E-state index in [1.165, 1.54) is 43.6 Å². The Bertz CT molecular complexity index is 423. The van der Waals surface area contributed by atoms with Gasteiger partial charge in [0.2, 0.25) is 0 Å². The summed E-state index contributed by atoms with van der Waals surface area (Å²) < 4.78 is 0. The van der Waals surface area contributed by atoms with Crippen LogP contribution < -0.4 is 0 Å². The van der Waals surface area contributed by atoms with Gasteiger partial charge < -0.3 is 0 Å². The second-order valence-corrected chi connectivity index (χ2v) is 3.06. The zero-order valence-electron chi connectivity index (χ0n) is 8.53. The van der Waals surface area contributed by atoms with Crippen molar-refractivity contribution in [2.24, 2.45) is 0 Å². The molecule has 6 heteroatoms. The molecule has 0 bridgehead atoms. The maximum Gasteiger partial charge on any atom is 0.269 e. The van der Waals surface area contributed by atoms with E-state index in [4.69, 9.17) is 5.21 Å². The first-order valence-corrected chi connectivity index (χ1v) is 4.39. The highest BCUT2D eigenvalue weighted by Crippen LogP contribution is 2.12. The molecule has 0 fully saturated rings. The van der Waals surface area contributed by atoms with E-state index in [1.807, 2.05) is 0 Å². The summed E-state index contributed by atoms with van der Waals surface area (Å²) in [5, 5.41) is 19.9. The van der Waals surface area contributed by atoms with Crippen LogP contribution in [0, 0.1) is 10.1 Å². The van der Waals surface area contributed by atoms with Crippen molar-refractivity contribution in [1.82, 2.24) is 5.06 Å². The number of nitrogens with zero attached hydrogens (tertiary/aromatic N) is 2. The van der Waals surface area contributed by atoms with Crippen LogP contribution in [0.25, 0.3) is 0 Å². The van der Waals surface area contributed by atoms with E-state index >= 15 is 0 Å². The predicted octanol–water partition coefficient (Wildman–Crippen LogP) is 1.61. The second-order valence-electron chi connectivity index (χ2n) is 3.06. The SMILES string of the molecule is CN(O)/C=C/C(=O)c1ccc([N+](=O)[O-])cc1. The van der Waals surface area contributed by atoms with Crippen LogP contribution in [0.4, 0.5) is 5.69 Å². The number of hydroxylamine groups is 2. The molecule has 0 saturated heterocycles. The average molecular weight is 222 g/mol. The maximum absolute atomic E-state index is 11.4. The first-order chi connectivity index (χ1) is 7.50. The molecule has 6 nitrogen and oxygen atoms in total. The Kier molecular flexibility index (Phi) is 3.73. The number of allylic oxidation sites excluding steroid dienone is 1. The number of rotatable bonds is 4. The van der Waals surface area contributed by atoms with Crippen molar-refractivity contribution in [3.05, 3.63) is 52.2 Å². The van der Waals surface area contributed by atoms with Crippen LogP contribution in [0.2, 0.25) is 0 Å². The Morgan fingerprint density at radius 3 is 2.44 bits per heavy atom. The van der Waals surface area contributed by atoms with Crippen LogP contribution in [0.1, 0.15) is 10.4 Å². The lowest BCUT2D eigenvalue weighted by molar-refractivity contribution is -0.384. The molecular formula is C10H10N2O4. The van der Waals surface area contributed by atoms with E-state index in [2.05, 4.69) is 0 Å². The zero-order valence-corrected chi connectivity index (χ0v) is 8.53. The Morgan fingerprint density at radius 1 is 1.44 bits per heavy atom. The quantitative estimate of drug-likeness (QED) is 0.362. The molecule has 0 aliphatic carbocycles. The van der Waals surface area contributed by atoms with Crippen molar-refractivity contribution < 1.29 is 14.9 Å². The van der Waals surface area contributed by atoms with Gasteiger partial charge in [0.25, 0.3) is 5.69 Å². The third kappa shape index (κ3) is 3.18. The Morgan fingerprint density at radius 2 is 2.00 bits per heavy atom. The molecule has 84 valence electrons. The smallest absolute Gasteiger partial charge is 0.269 e. The molecule has 1 N–H and O–H groups in total. The maximum atomic E-state index is 11.4. The lowest BCUT2D eigenvalue weighted by Crippen LogP contribution is -2.04. The second kappa shape index (κ2) is 5.04. The lowest BCUT2D eigenvalue weighted by atomic mass is 10.1. The molecule has 0 amide bonds. The largest absolute Gasteiger partial charge is 0.289 e. The number of ketones is 1. The molecular weight excluding hydrogens is 212 g/mol. The molecule has 0 aliphatic rings. The van der Waals surface area contributed by atoms with Crippen LogP contribution >= 0.6 is 0 Å². The molecule has 0 heterocycles. The number of carbonyl (C=O) groups excluding carboxylic acids is 1. The summed E-state index contributed by atoms with van der Waals surface area (Å²) in [6.07, 6.45) is 2.35. The van der Waals surface area contributed by atoms with Gasteiger partial charge in [0.1, 0.15) is 0 Å². The van der Waals surface area contributed by atoms with E-state index in [0.29, 0.717) is 5.56 Å². The van der Waals surface area contributed by atoms with Gasteiger partial charge in [-0.25, -0.2) is 0 Å². The van der Waals surface area contributed by atoms with Crippen molar-refractivity contribution >= 4 is 11.5 Å². The number of benzene rings is 1. The normalized spacial score (nSPS) is 10.4. The van der Waals surface area contributed by atoms with E-state index in [9.17, 15) is 14.9 Å². The van der Waals surface area contributed by atoms with Gasteiger partial charge in [-0.2, -0.15) is 0 Å². The summed E-state index contributed by atoms with van der Waals surface area (Å²) in [5.74, 6) is -0.337. The van der Waals surface area contributed by atoms with Gasteiger partial charge in [0.15, 0.2) is 5.78 Å². The van der Waals surface area contributed by atoms with Gasteiger partial charge in [0, 0.05) is 37.0 Å². The molecule has 1 aromatic rings. The number of hydrogen-bond acceptors (Lipinski definition) is 5. The van der Waals surface area contributed by atoms with Gasteiger partial charge in [-0.3, -0.25) is 25.2 Å². The van der Waals surface area contributed by atoms with Crippen molar-refractivity contribution in [2.45, 2.75) is 0 Å². The fourth-order valence-corrected chi connectivity index (χ4v) is 1.02. The number of nitro groups is 1. The van der Waals surface area contributed by atoms with Crippen LogP contribution in [0.5, 0.6) is 0 Å². The van der Waals surface area contributed by atoms with Crippen LogP contribution in [0.15, 0.2) is 36.5 Å². The van der Waals surface area contributed by atoms with Crippen LogP contribution in [0.3, 0.4) is 0 Å². The Balaban J connectivity index is 2.82. The highest BCUT2D eigenvalue weighted by molar-refractivity contribution is 6.04. The highest BCUT2D eigenvalue weighted by atomic mass is 16.6. The summed E-state index contributed by atoms with van der Waals surface area (Å²) in [6, 6.07) is 5.23. The molecule has 0 aliphatic heterocycles. The minimum Gasteiger partial charge on any atom is -0.289 e. The monoisotopic (exact) mass is 222 g/mol. The molecule has 0 unspecified atom stereocenters. The minimum absolute atomic E-state index is 0.0696. The molecule has 1 aromatic carbocycles. The van der Waals surface area contributed by atoms with Crippen molar-refractivity contribution in [3.8, 4) is 0 Å². The highest BCUT2D eigenvalue weighted by Gasteiger charge is 2.06. The first-order valence-electron chi connectivity index (χ1n) is 4.39. The number of nitro benzene ring substituents is 1. The van der Waals surface area contributed by atoms with Crippen LogP contribution in [-0.4, -0.2) is 28.0 Å². The third-order valence-electron chi connectivity index (χ3n) is 1.80. The van der Waals surface area contributed by atoms with Crippen molar-refractivity contribution in [1.29, 1.82) is 0 Å². The summed E-state index contributed by atoms with van der Waals surface area (Å²) in [5.41, 5.74) is 0.253. The number of carbonyl (C=O) groups is 1. The number of non-ortho nitro benzene ring substituents is 1. The molecule has 16 heavy (non-hydrogen) atoms. The predicted molar refractivity (Wildman–Crippen MR) is 56.1 cm³/mol. The zero-order chi connectivity index (χ0) is 12.1. The van der Waals surface area contributed by atoms with E-state index in [1.54, 1.807) is 0 Å². The molecule has 0 atom stereocenters. The van der Waals surface area contributed by atoms with Gasteiger partial charge >= 0.3 is 0 Å². The van der Waals surface area contributed by atoms with Crippen molar-refractivity contribution in [2.75, 3.05) is 7.05 Å². The fraction of sp³-hybridized carbons (Fsp3) is 0.100. The Labute approximate surface area is 91.5 Å². The first kappa shape index (κ1) is 11.9. The van der Waals surface area contributed by atoms with Gasteiger partial charge in [-0.1, -0.05) is 0 Å². The molecule has 0 radical (unpaired) electrons.